The Kier molecular flexibility index (Phi) is 1.90. The Morgan fingerprint density at radius 3 is 2.67 bits per heavy atom. The monoisotopic (exact) mass is 208 g/mol. The van der Waals surface area contributed by atoms with Gasteiger partial charge in [-0.1, -0.05) is 20.8 Å². The van der Waals surface area contributed by atoms with E-state index in [0.717, 1.165) is 18.2 Å². The Morgan fingerprint density at radius 2 is 2.07 bits per heavy atom. The number of hydrogen-bond donors (Lipinski definition) is 0. The normalized spacial score (nSPS) is 51.2. The summed E-state index contributed by atoms with van der Waals surface area (Å²) < 4.78 is 12.2. The van der Waals surface area contributed by atoms with Crippen molar-refractivity contribution in [1.82, 2.24) is 0 Å². The van der Waals surface area contributed by atoms with Crippen molar-refractivity contribution in [3.63, 3.8) is 0 Å². The minimum atomic E-state index is 0.0176. The highest BCUT2D eigenvalue weighted by atomic mass is 16.7. The second kappa shape index (κ2) is 2.81. The molecular formula is C12H21BO2. The molecule has 1 unspecified atom stereocenters. The molecule has 15 heavy (non-hydrogen) atoms. The van der Waals surface area contributed by atoms with Crippen molar-refractivity contribution in [2.75, 3.05) is 0 Å². The molecule has 3 heteroatoms. The largest absolute Gasteiger partial charge is 0.457 e. The van der Waals surface area contributed by atoms with E-state index >= 15 is 0 Å². The SMILES string of the molecule is CCB1O[C@H]2C3C[C@H](C[C@@]2(C)O1)C3(C)C. The van der Waals surface area contributed by atoms with Gasteiger partial charge in [0.25, 0.3) is 0 Å². The fourth-order valence-corrected chi connectivity index (χ4v) is 3.97. The van der Waals surface area contributed by atoms with E-state index in [4.69, 9.17) is 9.31 Å². The summed E-state index contributed by atoms with van der Waals surface area (Å²) in [7, 11) is 0.0511. The molecule has 4 aliphatic rings. The zero-order valence-corrected chi connectivity index (χ0v) is 10.2. The Hall–Kier alpha value is -0.0151. The molecular weight excluding hydrogens is 187 g/mol. The van der Waals surface area contributed by atoms with Gasteiger partial charge in [-0.15, -0.1) is 0 Å². The molecule has 1 aliphatic heterocycles. The quantitative estimate of drug-likeness (QED) is 0.617. The summed E-state index contributed by atoms with van der Waals surface area (Å²) in [4.78, 5) is 0. The molecule has 2 bridgehead atoms. The molecule has 3 saturated carbocycles. The zero-order chi connectivity index (χ0) is 10.8. The van der Waals surface area contributed by atoms with Gasteiger partial charge >= 0.3 is 7.12 Å². The third-order valence-corrected chi connectivity index (χ3v) is 5.20. The molecule has 0 aromatic rings. The standard InChI is InChI=1S/C12H21BO2/c1-5-13-14-10-9-6-8(11(9,2)3)7-12(10,4)15-13/h8-10H,5-7H2,1-4H3/t8-,9?,10+,12-/m1/s1. The van der Waals surface area contributed by atoms with Gasteiger partial charge in [-0.25, -0.2) is 0 Å². The fraction of sp³-hybridized carbons (Fsp3) is 1.00. The summed E-state index contributed by atoms with van der Waals surface area (Å²) in [5.74, 6) is 1.57. The predicted octanol–water partition coefficient (Wildman–Crippen LogP) is 2.73. The topological polar surface area (TPSA) is 18.5 Å². The van der Waals surface area contributed by atoms with E-state index in [2.05, 4.69) is 27.7 Å². The van der Waals surface area contributed by atoms with Crippen LogP contribution in [0.25, 0.3) is 0 Å². The van der Waals surface area contributed by atoms with Gasteiger partial charge in [-0.05, 0) is 43.3 Å². The van der Waals surface area contributed by atoms with Crippen molar-refractivity contribution in [3.05, 3.63) is 0 Å². The van der Waals surface area contributed by atoms with Gasteiger partial charge in [0.1, 0.15) is 0 Å². The van der Waals surface area contributed by atoms with Crippen molar-refractivity contribution in [1.29, 1.82) is 0 Å². The van der Waals surface area contributed by atoms with Gasteiger partial charge in [0.2, 0.25) is 0 Å². The molecule has 2 nitrogen and oxygen atoms in total. The first-order valence-corrected chi connectivity index (χ1v) is 6.30. The van der Waals surface area contributed by atoms with Gasteiger partial charge < -0.3 is 9.31 Å². The average Bonchev–Trinajstić information content (AvgIpc) is 2.53. The van der Waals surface area contributed by atoms with E-state index in [9.17, 15) is 0 Å². The van der Waals surface area contributed by atoms with E-state index in [1.54, 1.807) is 0 Å². The molecule has 0 N–H and O–H groups in total. The summed E-state index contributed by atoms with van der Waals surface area (Å²) in [6, 6.07) is 0. The molecule has 1 heterocycles. The Bertz CT molecular complexity index is 291. The van der Waals surface area contributed by atoms with E-state index in [1.807, 2.05) is 0 Å². The maximum atomic E-state index is 6.08. The second-order valence-electron chi connectivity index (χ2n) is 6.39. The molecule has 0 radical (unpaired) electrons. The minimum absolute atomic E-state index is 0.0176. The smallest absolute Gasteiger partial charge is 0.405 e. The summed E-state index contributed by atoms with van der Waals surface area (Å²) >= 11 is 0. The van der Waals surface area contributed by atoms with Crippen LogP contribution in [0, 0.1) is 17.3 Å². The predicted molar refractivity (Wildman–Crippen MR) is 60.6 cm³/mol. The molecule has 0 amide bonds. The van der Waals surface area contributed by atoms with Crippen LogP contribution < -0.4 is 0 Å². The summed E-state index contributed by atoms with van der Waals surface area (Å²) in [5, 5.41) is 0. The van der Waals surface area contributed by atoms with Gasteiger partial charge in [-0.3, -0.25) is 0 Å². The Morgan fingerprint density at radius 1 is 1.33 bits per heavy atom. The molecule has 1 saturated heterocycles. The first kappa shape index (κ1) is 10.2. The highest BCUT2D eigenvalue weighted by molar-refractivity contribution is 6.45. The van der Waals surface area contributed by atoms with Gasteiger partial charge in [0, 0.05) is 0 Å². The lowest BCUT2D eigenvalue weighted by Crippen LogP contribution is -2.63. The van der Waals surface area contributed by atoms with Crippen molar-refractivity contribution in [3.8, 4) is 0 Å². The first-order chi connectivity index (χ1) is 6.97. The molecule has 3 aliphatic carbocycles. The highest BCUT2D eigenvalue weighted by Crippen LogP contribution is 2.64. The van der Waals surface area contributed by atoms with Crippen LogP contribution >= 0.6 is 0 Å². The first-order valence-electron chi connectivity index (χ1n) is 6.30. The van der Waals surface area contributed by atoms with Crippen molar-refractivity contribution >= 4 is 7.12 Å². The van der Waals surface area contributed by atoms with E-state index < -0.39 is 0 Å². The lowest BCUT2D eigenvalue weighted by Gasteiger charge is -2.63. The van der Waals surface area contributed by atoms with Crippen molar-refractivity contribution in [2.45, 2.75) is 58.6 Å². The Labute approximate surface area is 92.9 Å². The van der Waals surface area contributed by atoms with Crippen LogP contribution in [0.4, 0.5) is 0 Å². The minimum Gasteiger partial charge on any atom is -0.405 e. The molecule has 84 valence electrons. The lowest BCUT2D eigenvalue weighted by molar-refractivity contribution is -0.185. The van der Waals surface area contributed by atoms with E-state index in [0.29, 0.717) is 11.5 Å². The molecule has 0 spiro atoms. The maximum Gasteiger partial charge on any atom is 0.457 e. The highest BCUT2D eigenvalue weighted by Gasteiger charge is 2.66. The lowest BCUT2D eigenvalue weighted by atomic mass is 9.45. The molecule has 0 aromatic heterocycles. The van der Waals surface area contributed by atoms with Crippen LogP contribution in [0.3, 0.4) is 0 Å². The zero-order valence-electron chi connectivity index (χ0n) is 10.2. The number of hydrogen-bond acceptors (Lipinski definition) is 2. The molecule has 0 aromatic carbocycles. The van der Waals surface area contributed by atoms with E-state index in [1.165, 1.54) is 12.8 Å². The average molecular weight is 208 g/mol. The van der Waals surface area contributed by atoms with Gasteiger partial charge in [0.05, 0.1) is 11.7 Å². The fourth-order valence-electron chi connectivity index (χ4n) is 3.97. The van der Waals surface area contributed by atoms with Crippen LogP contribution in [-0.4, -0.2) is 18.8 Å². The Balaban J connectivity index is 1.87. The summed E-state index contributed by atoms with van der Waals surface area (Å²) in [6.45, 7) is 9.19. The van der Waals surface area contributed by atoms with E-state index in [-0.39, 0.29) is 12.7 Å². The molecule has 4 rings (SSSR count). The van der Waals surface area contributed by atoms with Crippen molar-refractivity contribution in [2.24, 2.45) is 17.3 Å². The van der Waals surface area contributed by atoms with Crippen LogP contribution in [-0.2, 0) is 9.31 Å². The molecule has 4 atom stereocenters. The van der Waals surface area contributed by atoms with Crippen LogP contribution in [0.1, 0.15) is 40.5 Å². The van der Waals surface area contributed by atoms with Gasteiger partial charge in [-0.2, -0.15) is 0 Å². The molecule has 4 fully saturated rings. The summed E-state index contributed by atoms with van der Waals surface area (Å²) in [5.41, 5.74) is 0.500. The van der Waals surface area contributed by atoms with Crippen LogP contribution in [0.15, 0.2) is 0 Å². The van der Waals surface area contributed by atoms with Crippen LogP contribution in [0.2, 0.25) is 6.32 Å². The number of rotatable bonds is 1. The maximum absolute atomic E-state index is 6.08. The second-order valence-corrected chi connectivity index (χ2v) is 6.39. The van der Waals surface area contributed by atoms with Gasteiger partial charge in [0.15, 0.2) is 0 Å². The van der Waals surface area contributed by atoms with Crippen molar-refractivity contribution < 1.29 is 9.31 Å². The summed E-state index contributed by atoms with van der Waals surface area (Å²) in [6.07, 6.45) is 3.87. The third kappa shape index (κ3) is 1.14. The third-order valence-electron chi connectivity index (χ3n) is 5.20. The van der Waals surface area contributed by atoms with Crippen LogP contribution in [0.5, 0.6) is 0 Å².